The molecule has 0 saturated carbocycles. The van der Waals surface area contributed by atoms with E-state index in [4.69, 9.17) is 14.2 Å². The largest absolute Gasteiger partial charge is 0.458 e. The van der Waals surface area contributed by atoms with Crippen LogP contribution in [0.4, 0.5) is 17.1 Å². The van der Waals surface area contributed by atoms with Gasteiger partial charge in [0.2, 0.25) is 0 Å². The number of benzene rings is 7. The van der Waals surface area contributed by atoms with Crippen molar-refractivity contribution in [1.29, 1.82) is 0 Å². The Labute approximate surface area is 273 Å². The van der Waals surface area contributed by atoms with E-state index in [-0.39, 0.29) is 6.71 Å². The van der Waals surface area contributed by atoms with Gasteiger partial charge in [0.15, 0.2) is 11.5 Å². The maximum Gasteiger partial charge on any atom is 0.260 e. The standard InChI is InChI=1S/C42H26BNO3/c1-3-11-27(12-4-1)29-19-21-32-38(23-29)46-40-25-31(44-34-15-7-9-17-36(34)45-37-18-10-8-16-35(37)44)26-41-42(40)43(32)33-22-20-30(24-39(33)47-41)28-13-5-2-6-14-28/h1-26H. The highest BCUT2D eigenvalue weighted by Gasteiger charge is 2.41. The lowest BCUT2D eigenvalue weighted by Crippen LogP contribution is -2.57. The number of hydrogen-bond donors (Lipinski definition) is 0. The van der Waals surface area contributed by atoms with Gasteiger partial charge in [-0.05, 0) is 69.6 Å². The van der Waals surface area contributed by atoms with E-state index in [2.05, 4.69) is 114 Å². The lowest BCUT2D eigenvalue weighted by Gasteiger charge is -2.36. The summed E-state index contributed by atoms with van der Waals surface area (Å²) in [5.74, 6) is 4.89. The second-order valence-corrected chi connectivity index (χ2v) is 12.1. The average Bonchev–Trinajstić information content (AvgIpc) is 3.13. The number of nitrogens with zero attached hydrogens (tertiary/aromatic N) is 1. The Morgan fingerprint density at radius 3 is 1.32 bits per heavy atom. The van der Waals surface area contributed by atoms with Crippen molar-refractivity contribution >= 4 is 40.2 Å². The highest BCUT2D eigenvalue weighted by atomic mass is 16.5. The van der Waals surface area contributed by atoms with Crippen LogP contribution in [0.2, 0.25) is 0 Å². The molecule has 0 aliphatic carbocycles. The molecule has 3 heterocycles. The first-order valence-corrected chi connectivity index (χ1v) is 15.9. The monoisotopic (exact) mass is 603 g/mol. The van der Waals surface area contributed by atoms with Crippen LogP contribution in [0.3, 0.4) is 0 Å². The first-order chi connectivity index (χ1) is 23.3. The van der Waals surface area contributed by atoms with E-state index in [0.29, 0.717) is 0 Å². The highest BCUT2D eigenvalue weighted by molar-refractivity contribution is 6.98. The second-order valence-electron chi connectivity index (χ2n) is 12.1. The summed E-state index contributed by atoms with van der Waals surface area (Å²) in [6.45, 7) is -0.0412. The van der Waals surface area contributed by atoms with Crippen LogP contribution >= 0.6 is 0 Å². The molecule has 0 bridgehead atoms. The van der Waals surface area contributed by atoms with Crippen molar-refractivity contribution in [3.8, 4) is 56.8 Å². The van der Waals surface area contributed by atoms with Gasteiger partial charge in [-0.15, -0.1) is 0 Å². The molecule has 3 aliphatic heterocycles. The zero-order valence-electron chi connectivity index (χ0n) is 25.3. The second kappa shape index (κ2) is 10.2. The van der Waals surface area contributed by atoms with E-state index in [0.717, 1.165) is 90.2 Å². The lowest BCUT2D eigenvalue weighted by molar-refractivity contribution is 0.464. The molecule has 47 heavy (non-hydrogen) atoms. The molecule has 0 N–H and O–H groups in total. The van der Waals surface area contributed by atoms with Crippen molar-refractivity contribution < 1.29 is 14.2 Å². The van der Waals surface area contributed by atoms with Crippen LogP contribution in [0.15, 0.2) is 158 Å². The quantitative estimate of drug-likeness (QED) is 0.188. The van der Waals surface area contributed by atoms with Crippen LogP contribution in [-0.4, -0.2) is 6.71 Å². The minimum atomic E-state index is -0.0412. The minimum Gasteiger partial charge on any atom is -0.458 e. The number of anilines is 3. The topological polar surface area (TPSA) is 30.9 Å². The molecule has 5 heteroatoms. The Morgan fingerprint density at radius 2 is 0.809 bits per heavy atom. The third kappa shape index (κ3) is 4.10. The van der Waals surface area contributed by atoms with Gasteiger partial charge in [-0.1, -0.05) is 109 Å². The fourth-order valence-electron chi connectivity index (χ4n) is 7.21. The van der Waals surface area contributed by atoms with Crippen LogP contribution in [-0.2, 0) is 0 Å². The summed E-state index contributed by atoms with van der Waals surface area (Å²) >= 11 is 0. The molecule has 4 nitrogen and oxygen atoms in total. The number of rotatable bonds is 3. The van der Waals surface area contributed by atoms with Crippen LogP contribution < -0.4 is 35.5 Å². The average molecular weight is 603 g/mol. The molecular formula is C42H26BNO3. The van der Waals surface area contributed by atoms with Crippen molar-refractivity contribution in [1.82, 2.24) is 0 Å². The van der Waals surface area contributed by atoms with Gasteiger partial charge in [-0.25, -0.2) is 0 Å². The summed E-state index contributed by atoms with van der Waals surface area (Å²) < 4.78 is 20.1. The van der Waals surface area contributed by atoms with Gasteiger partial charge in [-0.2, -0.15) is 0 Å². The summed E-state index contributed by atoms with van der Waals surface area (Å²) in [5.41, 5.74) is 10.7. The Balaban J connectivity index is 1.19. The molecule has 0 spiro atoms. The van der Waals surface area contributed by atoms with Crippen molar-refractivity contribution in [2.24, 2.45) is 0 Å². The van der Waals surface area contributed by atoms with Crippen LogP contribution in [0.5, 0.6) is 34.5 Å². The Bertz CT molecular complexity index is 2200. The van der Waals surface area contributed by atoms with Gasteiger partial charge in [0.05, 0.1) is 17.1 Å². The fraction of sp³-hybridized carbons (Fsp3) is 0. The summed E-state index contributed by atoms with van der Waals surface area (Å²) in [5, 5.41) is 0. The van der Waals surface area contributed by atoms with Crippen LogP contribution in [0.25, 0.3) is 22.3 Å². The maximum atomic E-state index is 6.86. The van der Waals surface area contributed by atoms with E-state index in [1.54, 1.807) is 0 Å². The number of para-hydroxylation sites is 4. The summed E-state index contributed by atoms with van der Waals surface area (Å²) in [6, 6.07) is 54.7. The minimum absolute atomic E-state index is 0.0412. The fourth-order valence-corrected chi connectivity index (χ4v) is 7.21. The molecule has 0 saturated heterocycles. The molecular weight excluding hydrogens is 577 g/mol. The van der Waals surface area contributed by atoms with E-state index in [1.165, 1.54) is 0 Å². The molecule has 0 unspecified atom stereocenters. The van der Waals surface area contributed by atoms with Gasteiger partial charge >= 0.3 is 0 Å². The molecule has 220 valence electrons. The van der Waals surface area contributed by atoms with E-state index < -0.39 is 0 Å². The Hall–Kier alpha value is -6.20. The van der Waals surface area contributed by atoms with Gasteiger partial charge in [0.1, 0.15) is 23.0 Å². The molecule has 0 amide bonds. The van der Waals surface area contributed by atoms with Crippen molar-refractivity contribution in [3.05, 3.63) is 158 Å². The third-order valence-corrected chi connectivity index (χ3v) is 9.37. The zero-order chi connectivity index (χ0) is 30.9. The maximum absolute atomic E-state index is 6.86. The normalized spacial score (nSPS) is 13.1. The Kier molecular flexibility index (Phi) is 5.63. The lowest BCUT2D eigenvalue weighted by atomic mass is 9.34. The predicted octanol–water partition coefficient (Wildman–Crippen LogP) is 9.32. The number of fused-ring (bicyclic) bond motifs is 6. The molecule has 0 radical (unpaired) electrons. The van der Waals surface area contributed by atoms with E-state index in [1.807, 2.05) is 48.5 Å². The first-order valence-electron chi connectivity index (χ1n) is 15.9. The van der Waals surface area contributed by atoms with Gasteiger partial charge in [0.25, 0.3) is 6.71 Å². The van der Waals surface area contributed by atoms with Gasteiger partial charge in [0, 0.05) is 17.6 Å². The van der Waals surface area contributed by atoms with Crippen molar-refractivity contribution in [2.75, 3.05) is 4.90 Å². The summed E-state index contributed by atoms with van der Waals surface area (Å²) in [4.78, 5) is 2.23. The molecule has 0 fully saturated rings. The highest BCUT2D eigenvalue weighted by Crippen LogP contribution is 2.52. The van der Waals surface area contributed by atoms with Crippen LogP contribution in [0, 0.1) is 0 Å². The van der Waals surface area contributed by atoms with E-state index >= 15 is 0 Å². The molecule has 3 aliphatic rings. The zero-order valence-corrected chi connectivity index (χ0v) is 25.3. The third-order valence-electron chi connectivity index (χ3n) is 9.37. The summed E-state index contributed by atoms with van der Waals surface area (Å²) in [7, 11) is 0. The molecule has 0 atom stereocenters. The first kappa shape index (κ1) is 26.1. The number of ether oxygens (including phenoxy) is 3. The number of hydrogen-bond acceptors (Lipinski definition) is 4. The smallest absolute Gasteiger partial charge is 0.260 e. The SMILES string of the molecule is c1ccc(-c2ccc3c(c2)Oc2cc(N4c5ccccc5Oc5ccccc54)cc4c2B3c2ccc(-c3ccccc3)cc2O4)cc1. The van der Waals surface area contributed by atoms with Crippen molar-refractivity contribution in [3.63, 3.8) is 0 Å². The van der Waals surface area contributed by atoms with E-state index in [9.17, 15) is 0 Å². The molecule has 7 aromatic carbocycles. The van der Waals surface area contributed by atoms with Gasteiger partial charge in [-0.3, -0.25) is 0 Å². The van der Waals surface area contributed by atoms with Crippen LogP contribution in [0.1, 0.15) is 0 Å². The van der Waals surface area contributed by atoms with Crippen molar-refractivity contribution in [2.45, 2.75) is 0 Å². The van der Waals surface area contributed by atoms with Gasteiger partial charge < -0.3 is 19.1 Å². The predicted molar refractivity (Wildman–Crippen MR) is 190 cm³/mol. The summed E-state index contributed by atoms with van der Waals surface area (Å²) in [6.07, 6.45) is 0. The molecule has 10 rings (SSSR count). The molecule has 7 aromatic rings. The Morgan fingerprint density at radius 1 is 0.362 bits per heavy atom. The molecule has 0 aromatic heterocycles.